The predicted octanol–water partition coefficient (Wildman–Crippen LogP) is 3.71. The SMILES string of the molecule is Cc1ccc(C(CC(=O)NCC(c2cccnc2)N2CCOCC2)C(C)C)cc1. The van der Waals surface area contributed by atoms with Crippen molar-refractivity contribution in [3.63, 3.8) is 0 Å². The molecule has 5 nitrogen and oxygen atoms in total. The molecule has 2 heterocycles. The van der Waals surface area contributed by atoms with Crippen molar-refractivity contribution in [1.82, 2.24) is 15.2 Å². The fourth-order valence-electron chi connectivity index (χ4n) is 3.95. The lowest BCUT2D eigenvalue weighted by molar-refractivity contribution is -0.122. The predicted molar refractivity (Wildman–Crippen MR) is 116 cm³/mol. The number of nitrogens with one attached hydrogen (secondary N) is 1. The summed E-state index contributed by atoms with van der Waals surface area (Å²) in [6.45, 7) is 10.2. The van der Waals surface area contributed by atoms with Crippen LogP contribution in [0, 0.1) is 12.8 Å². The average Bonchev–Trinajstić information content (AvgIpc) is 2.74. The van der Waals surface area contributed by atoms with Crippen molar-refractivity contribution in [3.8, 4) is 0 Å². The third-order valence-corrected chi connectivity index (χ3v) is 5.76. The van der Waals surface area contributed by atoms with E-state index in [0.29, 0.717) is 18.9 Å². The molecule has 0 spiro atoms. The zero-order valence-corrected chi connectivity index (χ0v) is 17.8. The van der Waals surface area contributed by atoms with Crippen LogP contribution in [0.5, 0.6) is 0 Å². The van der Waals surface area contributed by atoms with Crippen LogP contribution in [0.25, 0.3) is 0 Å². The Labute approximate surface area is 174 Å². The Bertz CT molecular complexity index is 755. The number of rotatable bonds is 8. The van der Waals surface area contributed by atoms with Gasteiger partial charge in [0, 0.05) is 38.4 Å². The smallest absolute Gasteiger partial charge is 0.220 e. The zero-order chi connectivity index (χ0) is 20.6. The van der Waals surface area contributed by atoms with E-state index < -0.39 is 0 Å². The quantitative estimate of drug-likeness (QED) is 0.740. The fourth-order valence-corrected chi connectivity index (χ4v) is 3.95. The maximum Gasteiger partial charge on any atom is 0.220 e. The number of morpholine rings is 1. The lowest BCUT2D eigenvalue weighted by atomic mass is 9.85. The molecular weight excluding hydrogens is 362 g/mol. The molecule has 0 bridgehead atoms. The van der Waals surface area contributed by atoms with Gasteiger partial charge in [0.1, 0.15) is 0 Å². The standard InChI is InChI=1S/C24H33N3O2/c1-18(2)22(20-8-6-19(3)7-9-20)15-24(28)26-17-23(21-5-4-10-25-16-21)27-11-13-29-14-12-27/h4-10,16,18,22-23H,11-15,17H2,1-3H3,(H,26,28). The molecule has 1 aromatic carbocycles. The van der Waals surface area contributed by atoms with Gasteiger partial charge < -0.3 is 10.1 Å². The van der Waals surface area contributed by atoms with Crippen LogP contribution >= 0.6 is 0 Å². The number of ether oxygens (including phenoxy) is 1. The van der Waals surface area contributed by atoms with Gasteiger partial charge in [-0.15, -0.1) is 0 Å². The lowest BCUT2D eigenvalue weighted by Crippen LogP contribution is -2.44. The van der Waals surface area contributed by atoms with Crippen LogP contribution in [0.4, 0.5) is 0 Å². The molecule has 1 saturated heterocycles. The maximum absolute atomic E-state index is 12.8. The Kier molecular flexibility index (Phi) is 7.78. The molecule has 2 atom stereocenters. The number of hydrogen-bond donors (Lipinski definition) is 1. The normalized spacial score (nSPS) is 17.1. The number of pyridine rings is 1. The first kappa shape index (κ1) is 21.5. The van der Waals surface area contributed by atoms with Crippen molar-refractivity contribution in [2.24, 2.45) is 5.92 Å². The van der Waals surface area contributed by atoms with Crippen LogP contribution in [0.15, 0.2) is 48.8 Å². The van der Waals surface area contributed by atoms with E-state index in [0.717, 1.165) is 31.9 Å². The van der Waals surface area contributed by atoms with E-state index in [2.05, 4.69) is 66.3 Å². The van der Waals surface area contributed by atoms with Crippen molar-refractivity contribution in [2.45, 2.75) is 39.2 Å². The van der Waals surface area contributed by atoms with Gasteiger partial charge in [-0.05, 0) is 36.0 Å². The van der Waals surface area contributed by atoms with Gasteiger partial charge in [-0.2, -0.15) is 0 Å². The minimum absolute atomic E-state index is 0.103. The van der Waals surface area contributed by atoms with Gasteiger partial charge in [0.25, 0.3) is 0 Å². The van der Waals surface area contributed by atoms with E-state index in [4.69, 9.17) is 4.74 Å². The summed E-state index contributed by atoms with van der Waals surface area (Å²) in [6, 6.07) is 12.7. The highest BCUT2D eigenvalue weighted by Gasteiger charge is 2.25. The minimum Gasteiger partial charge on any atom is -0.379 e. The summed E-state index contributed by atoms with van der Waals surface area (Å²) in [6.07, 6.45) is 4.19. The third-order valence-electron chi connectivity index (χ3n) is 5.76. The first-order valence-corrected chi connectivity index (χ1v) is 10.6. The van der Waals surface area contributed by atoms with Gasteiger partial charge >= 0.3 is 0 Å². The van der Waals surface area contributed by atoms with Crippen LogP contribution in [-0.4, -0.2) is 48.6 Å². The van der Waals surface area contributed by atoms with E-state index in [1.54, 1.807) is 6.20 Å². The summed E-state index contributed by atoms with van der Waals surface area (Å²) in [4.78, 5) is 19.5. The van der Waals surface area contributed by atoms with Crippen LogP contribution in [0.2, 0.25) is 0 Å². The van der Waals surface area contributed by atoms with Gasteiger partial charge in [0.2, 0.25) is 5.91 Å². The highest BCUT2D eigenvalue weighted by Crippen LogP contribution is 2.28. The summed E-state index contributed by atoms with van der Waals surface area (Å²) in [5.41, 5.74) is 3.61. The number of carbonyl (C=O) groups is 1. The topological polar surface area (TPSA) is 54.5 Å². The number of nitrogens with zero attached hydrogens (tertiary/aromatic N) is 2. The molecule has 1 aliphatic rings. The number of aryl methyl sites for hydroxylation is 1. The van der Waals surface area contributed by atoms with Gasteiger partial charge in [0.05, 0.1) is 19.3 Å². The Morgan fingerprint density at radius 3 is 2.48 bits per heavy atom. The number of amides is 1. The molecule has 29 heavy (non-hydrogen) atoms. The molecule has 3 rings (SSSR count). The van der Waals surface area contributed by atoms with E-state index >= 15 is 0 Å². The van der Waals surface area contributed by atoms with Gasteiger partial charge in [-0.1, -0.05) is 49.7 Å². The fraction of sp³-hybridized carbons (Fsp3) is 0.500. The summed E-state index contributed by atoms with van der Waals surface area (Å²) in [5, 5.41) is 3.20. The molecule has 0 aliphatic carbocycles. The summed E-state index contributed by atoms with van der Waals surface area (Å²) < 4.78 is 5.50. The van der Waals surface area contributed by atoms with Crippen molar-refractivity contribution in [2.75, 3.05) is 32.8 Å². The molecule has 1 amide bonds. The third kappa shape index (κ3) is 6.12. The van der Waals surface area contributed by atoms with E-state index in [-0.39, 0.29) is 17.9 Å². The molecule has 0 saturated carbocycles. The van der Waals surface area contributed by atoms with Crippen molar-refractivity contribution >= 4 is 5.91 Å². The van der Waals surface area contributed by atoms with Crippen LogP contribution < -0.4 is 5.32 Å². The molecule has 2 aromatic rings. The first-order valence-electron chi connectivity index (χ1n) is 10.6. The van der Waals surface area contributed by atoms with Crippen molar-refractivity contribution in [1.29, 1.82) is 0 Å². The zero-order valence-electron chi connectivity index (χ0n) is 17.8. The number of carbonyl (C=O) groups excluding carboxylic acids is 1. The first-order chi connectivity index (χ1) is 14.0. The molecule has 1 aromatic heterocycles. The largest absolute Gasteiger partial charge is 0.379 e. The highest BCUT2D eigenvalue weighted by molar-refractivity contribution is 5.77. The summed E-state index contributed by atoms with van der Waals surface area (Å²) in [5.74, 6) is 0.721. The minimum atomic E-state index is 0.103. The number of aromatic nitrogens is 1. The highest BCUT2D eigenvalue weighted by atomic mass is 16.5. The number of benzene rings is 1. The van der Waals surface area contributed by atoms with Crippen LogP contribution in [0.1, 0.15) is 48.9 Å². The van der Waals surface area contributed by atoms with Crippen molar-refractivity contribution < 1.29 is 9.53 Å². The Morgan fingerprint density at radius 2 is 1.86 bits per heavy atom. The molecule has 1 fully saturated rings. The van der Waals surface area contributed by atoms with E-state index in [1.165, 1.54) is 11.1 Å². The number of hydrogen-bond acceptors (Lipinski definition) is 4. The molecular formula is C24H33N3O2. The van der Waals surface area contributed by atoms with Gasteiger partial charge in [0.15, 0.2) is 0 Å². The summed E-state index contributed by atoms with van der Waals surface area (Å²) >= 11 is 0. The lowest BCUT2D eigenvalue weighted by Gasteiger charge is -2.34. The van der Waals surface area contributed by atoms with Crippen molar-refractivity contribution in [3.05, 3.63) is 65.5 Å². The van der Waals surface area contributed by atoms with Gasteiger partial charge in [-0.25, -0.2) is 0 Å². The second-order valence-corrected chi connectivity index (χ2v) is 8.22. The van der Waals surface area contributed by atoms with E-state index in [9.17, 15) is 4.79 Å². The van der Waals surface area contributed by atoms with E-state index in [1.807, 2.05) is 12.3 Å². The maximum atomic E-state index is 12.8. The molecule has 1 N–H and O–H groups in total. The summed E-state index contributed by atoms with van der Waals surface area (Å²) in [7, 11) is 0. The molecule has 0 radical (unpaired) electrons. The second-order valence-electron chi connectivity index (χ2n) is 8.22. The molecule has 1 aliphatic heterocycles. The molecule has 5 heteroatoms. The van der Waals surface area contributed by atoms with Crippen LogP contribution in [-0.2, 0) is 9.53 Å². The molecule has 2 unspecified atom stereocenters. The second kappa shape index (κ2) is 10.5. The monoisotopic (exact) mass is 395 g/mol. The Hall–Kier alpha value is -2.24. The van der Waals surface area contributed by atoms with Crippen LogP contribution in [0.3, 0.4) is 0 Å². The average molecular weight is 396 g/mol. The Balaban J connectivity index is 1.64. The molecule has 156 valence electrons. The Morgan fingerprint density at radius 1 is 1.14 bits per heavy atom. The van der Waals surface area contributed by atoms with Gasteiger partial charge in [-0.3, -0.25) is 14.7 Å².